The fourth-order valence-corrected chi connectivity index (χ4v) is 2.79. The molecule has 1 aromatic carbocycles. The van der Waals surface area contributed by atoms with Gasteiger partial charge < -0.3 is 10.7 Å². The van der Waals surface area contributed by atoms with Crippen LogP contribution < -0.4 is 5.73 Å². The second-order valence-corrected chi connectivity index (χ2v) is 5.60. The normalized spacial score (nSPS) is 15.6. The zero-order valence-corrected chi connectivity index (χ0v) is 12.4. The van der Waals surface area contributed by atoms with Gasteiger partial charge in [-0.25, -0.2) is 0 Å². The third kappa shape index (κ3) is 2.08. The van der Waals surface area contributed by atoms with E-state index in [-0.39, 0.29) is 11.8 Å². The number of H-pyrrole nitrogens is 1. The van der Waals surface area contributed by atoms with E-state index < -0.39 is 0 Å². The van der Waals surface area contributed by atoms with Crippen LogP contribution in [0.1, 0.15) is 24.0 Å². The van der Waals surface area contributed by atoms with E-state index in [9.17, 15) is 4.79 Å². The van der Waals surface area contributed by atoms with Crippen molar-refractivity contribution in [3.8, 4) is 0 Å². The van der Waals surface area contributed by atoms with Crippen LogP contribution in [0.2, 0.25) is 0 Å². The van der Waals surface area contributed by atoms with E-state index in [1.807, 2.05) is 24.4 Å². The highest BCUT2D eigenvalue weighted by Crippen LogP contribution is 2.35. The summed E-state index contributed by atoms with van der Waals surface area (Å²) in [5.74, 6) is -0.0557. The minimum Gasteiger partial charge on any atom is -0.369 e. The maximum atomic E-state index is 11.4. The van der Waals surface area contributed by atoms with E-state index in [2.05, 4.69) is 20.9 Å². The van der Waals surface area contributed by atoms with Crippen LogP contribution in [0.15, 0.2) is 41.3 Å². The molecule has 0 spiro atoms. The van der Waals surface area contributed by atoms with Gasteiger partial charge in [-0.3, -0.25) is 4.79 Å². The molecule has 102 valence electrons. The zero-order valence-electron chi connectivity index (χ0n) is 10.8. The van der Waals surface area contributed by atoms with E-state index in [0.29, 0.717) is 5.83 Å². The number of fused-ring (bicyclic) bond motifs is 1. The van der Waals surface area contributed by atoms with Crippen LogP contribution >= 0.6 is 15.9 Å². The van der Waals surface area contributed by atoms with Crippen LogP contribution in [-0.2, 0) is 4.79 Å². The summed E-state index contributed by atoms with van der Waals surface area (Å²) in [6, 6.07) is 3.92. The number of benzene rings is 1. The average molecular weight is 336 g/mol. The Balaban J connectivity index is 2.21. The van der Waals surface area contributed by atoms with E-state index in [0.717, 1.165) is 26.5 Å². The van der Waals surface area contributed by atoms with Crippen molar-refractivity contribution < 1.29 is 8.87 Å². The number of allylic oxidation sites excluding steroid dienone is 2. The van der Waals surface area contributed by atoms with Crippen molar-refractivity contribution in [1.29, 1.82) is 0 Å². The first kappa shape index (κ1) is 13.1. The first-order chi connectivity index (χ1) is 9.58. The van der Waals surface area contributed by atoms with Gasteiger partial charge in [0, 0.05) is 28.2 Å². The summed E-state index contributed by atoms with van der Waals surface area (Å²) < 4.78 is 7.51. The molecule has 1 aromatic heterocycles. The molecule has 0 saturated carbocycles. The highest BCUT2D eigenvalue weighted by atomic mass is 79.9. The van der Waals surface area contributed by atoms with Crippen molar-refractivity contribution in [3.05, 3.63) is 52.4 Å². The summed E-state index contributed by atoms with van der Waals surface area (Å²) in [5, 5.41) is 0.950. The second-order valence-electron chi connectivity index (χ2n) is 4.69. The van der Waals surface area contributed by atoms with E-state index in [1.165, 1.54) is 6.33 Å². The minimum absolute atomic E-state index is 0.350. The fourth-order valence-electron chi connectivity index (χ4n) is 2.33. The van der Waals surface area contributed by atoms with Gasteiger partial charge in [-0.05, 0) is 24.6 Å². The Morgan fingerprint density at radius 2 is 2.25 bits per heavy atom. The van der Waals surface area contributed by atoms with Gasteiger partial charge in [-0.15, -0.1) is 4.08 Å². The van der Waals surface area contributed by atoms with Crippen LogP contribution in [-0.4, -0.2) is 10.9 Å². The molecule has 0 fully saturated rings. The monoisotopic (exact) mass is 335 g/mol. The van der Waals surface area contributed by atoms with E-state index in [1.54, 1.807) is 13.0 Å². The lowest BCUT2D eigenvalue weighted by molar-refractivity contribution is -0.483. The summed E-state index contributed by atoms with van der Waals surface area (Å²) in [6.45, 7) is 1.80. The Labute approximate surface area is 123 Å². The fraction of sp³-hybridized carbons (Fsp3) is 0.133. The standard InChI is InChI=1S/C15H12BrFN2O/c1-8(15(18)20)12-7-19-14-10(12)5-9(16)6-11(14)13-3-2-4-17-13/h2-8,19H,1H3,(H-,18,20)/p+1. The Hall–Kier alpha value is -1.88. The lowest BCUT2D eigenvalue weighted by atomic mass is 9.98. The van der Waals surface area contributed by atoms with Crippen molar-refractivity contribution >= 4 is 38.6 Å². The molecule has 2 heterocycles. The van der Waals surface area contributed by atoms with Crippen molar-refractivity contribution in [2.75, 3.05) is 0 Å². The number of nitrogens with two attached hydrogens (primary N) is 1. The molecule has 1 aliphatic heterocycles. The predicted molar refractivity (Wildman–Crippen MR) is 80.7 cm³/mol. The summed E-state index contributed by atoms with van der Waals surface area (Å²) in [7, 11) is 0. The van der Waals surface area contributed by atoms with Gasteiger partial charge in [-0.2, -0.15) is 0 Å². The number of primary amides is 1. The molecule has 5 heteroatoms. The summed E-state index contributed by atoms with van der Waals surface area (Å²) in [5.41, 5.74) is 8.07. The van der Waals surface area contributed by atoms with Gasteiger partial charge in [0.2, 0.25) is 5.91 Å². The Morgan fingerprint density at radius 1 is 1.45 bits per heavy atom. The summed E-state index contributed by atoms with van der Waals surface area (Å²) >= 11 is 3.49. The molecule has 3 N–H and O–H groups in total. The third-order valence-electron chi connectivity index (χ3n) is 3.43. The largest absolute Gasteiger partial charge is 0.369 e. The van der Waals surface area contributed by atoms with Crippen molar-refractivity contribution in [1.82, 2.24) is 4.98 Å². The highest BCUT2D eigenvalue weighted by molar-refractivity contribution is 9.10. The average Bonchev–Trinajstić information content (AvgIpc) is 3.05. The highest BCUT2D eigenvalue weighted by Gasteiger charge is 2.24. The van der Waals surface area contributed by atoms with Crippen molar-refractivity contribution in [3.63, 3.8) is 0 Å². The number of nitrogens with one attached hydrogen (secondary N) is 1. The molecule has 0 saturated heterocycles. The van der Waals surface area contributed by atoms with Gasteiger partial charge in [0.1, 0.15) is 0 Å². The number of carbonyl (C=O) groups is 1. The molecule has 1 amide bonds. The molecular formula is C15H13BrFN2O+. The molecule has 1 unspecified atom stereocenters. The number of carbonyl (C=O) groups excluding carboxylic acids is 1. The zero-order chi connectivity index (χ0) is 14.3. The van der Waals surface area contributed by atoms with Crippen LogP contribution in [0.4, 0.5) is 0 Å². The Kier molecular flexibility index (Phi) is 3.22. The maximum Gasteiger partial charge on any atom is 0.328 e. The van der Waals surface area contributed by atoms with Crippen molar-refractivity contribution in [2.24, 2.45) is 5.73 Å². The van der Waals surface area contributed by atoms with Gasteiger partial charge in [0.05, 0.1) is 17.0 Å². The van der Waals surface area contributed by atoms with Gasteiger partial charge in [-0.1, -0.05) is 15.9 Å². The summed E-state index contributed by atoms with van der Waals surface area (Å²) in [4.78, 5) is 14.6. The molecule has 3 nitrogen and oxygen atoms in total. The van der Waals surface area contributed by atoms with Gasteiger partial charge in [0.15, 0.2) is 0 Å². The van der Waals surface area contributed by atoms with Gasteiger partial charge >= 0.3 is 5.83 Å². The first-order valence-corrected chi connectivity index (χ1v) is 6.97. The number of amides is 1. The summed E-state index contributed by atoms with van der Waals surface area (Å²) in [6.07, 6.45) is 6.97. The number of halogens is 2. The molecule has 3 rings (SSSR count). The quantitative estimate of drug-likeness (QED) is 0.886. The minimum atomic E-state index is -0.355. The molecule has 0 aliphatic carbocycles. The Morgan fingerprint density at radius 3 is 2.90 bits per heavy atom. The molecule has 2 aromatic rings. The van der Waals surface area contributed by atoms with Crippen LogP contribution in [0.25, 0.3) is 16.7 Å². The van der Waals surface area contributed by atoms with Crippen LogP contribution in [0.5, 0.6) is 0 Å². The third-order valence-corrected chi connectivity index (χ3v) is 3.89. The number of rotatable bonds is 3. The first-order valence-electron chi connectivity index (χ1n) is 6.18. The Bertz CT molecular complexity index is 761. The van der Waals surface area contributed by atoms with E-state index >= 15 is 0 Å². The van der Waals surface area contributed by atoms with Crippen molar-refractivity contribution in [2.45, 2.75) is 12.8 Å². The number of hydrogen-bond acceptors (Lipinski definition) is 1. The SMILES string of the molecule is CC(C(N)=O)c1c[nH]c2c(C3=CC=C[F+]3)cc(Br)cc12. The molecule has 0 radical (unpaired) electrons. The molecule has 1 atom stereocenters. The lowest BCUT2D eigenvalue weighted by Crippen LogP contribution is -2.18. The van der Waals surface area contributed by atoms with E-state index in [4.69, 9.17) is 9.81 Å². The maximum absolute atomic E-state index is 11.4. The predicted octanol–water partition coefficient (Wildman–Crippen LogP) is 3.47. The smallest absolute Gasteiger partial charge is 0.328 e. The molecule has 1 aliphatic rings. The number of hydrogen-bond donors (Lipinski definition) is 2. The second kappa shape index (κ2) is 4.90. The van der Waals surface area contributed by atoms with Gasteiger partial charge in [0.25, 0.3) is 6.33 Å². The van der Waals surface area contributed by atoms with Crippen LogP contribution in [0.3, 0.4) is 0 Å². The number of aromatic nitrogens is 1. The number of aromatic amines is 1. The topological polar surface area (TPSA) is 58.9 Å². The molecular weight excluding hydrogens is 323 g/mol. The molecule has 0 bridgehead atoms. The molecule has 20 heavy (non-hydrogen) atoms. The lowest BCUT2D eigenvalue weighted by Gasteiger charge is -2.06. The van der Waals surface area contributed by atoms with Crippen LogP contribution in [0, 0.1) is 4.08 Å².